The van der Waals surface area contributed by atoms with Gasteiger partial charge >= 0.3 is 13.7 Å². The van der Waals surface area contributed by atoms with Gasteiger partial charge in [-0.05, 0) is 33.6 Å². The van der Waals surface area contributed by atoms with Crippen LogP contribution >= 0.6 is 7.60 Å². The number of piperidine rings is 1. The molecule has 6 nitrogen and oxygen atoms in total. The van der Waals surface area contributed by atoms with Crippen molar-refractivity contribution in [1.29, 1.82) is 0 Å². The molecular weight excluding hydrogens is 269 g/mol. The van der Waals surface area contributed by atoms with Gasteiger partial charge in [0.25, 0.3) is 0 Å². The van der Waals surface area contributed by atoms with Gasteiger partial charge < -0.3 is 18.7 Å². The zero-order chi connectivity index (χ0) is 14.3. The van der Waals surface area contributed by atoms with Gasteiger partial charge in [-0.25, -0.2) is 4.79 Å². The van der Waals surface area contributed by atoms with E-state index in [1.165, 1.54) is 0 Å². The van der Waals surface area contributed by atoms with Gasteiger partial charge in [0.05, 0.1) is 25.5 Å². The number of nitrogens with zero attached hydrogens (tertiary/aromatic N) is 1. The highest BCUT2D eigenvalue weighted by Crippen LogP contribution is 2.56. The number of hydrogen-bond donors (Lipinski definition) is 0. The highest BCUT2D eigenvalue weighted by atomic mass is 31.2. The van der Waals surface area contributed by atoms with Crippen molar-refractivity contribution in [3.8, 4) is 0 Å². The summed E-state index contributed by atoms with van der Waals surface area (Å²) in [5.74, 6) is 0. The smallest absolute Gasteiger partial charge is 0.409 e. The molecule has 1 saturated heterocycles. The lowest BCUT2D eigenvalue weighted by Gasteiger charge is -2.34. The average molecular weight is 293 g/mol. The van der Waals surface area contributed by atoms with E-state index < -0.39 is 7.60 Å². The van der Waals surface area contributed by atoms with Crippen molar-refractivity contribution in [2.45, 2.75) is 39.3 Å². The lowest BCUT2D eigenvalue weighted by atomic mass is 10.1. The topological polar surface area (TPSA) is 65.1 Å². The van der Waals surface area contributed by atoms with Crippen LogP contribution in [0.3, 0.4) is 0 Å². The van der Waals surface area contributed by atoms with Crippen LogP contribution in [0.4, 0.5) is 4.79 Å². The first kappa shape index (κ1) is 16.5. The molecule has 0 radical (unpaired) electrons. The Hall–Kier alpha value is -0.580. The molecule has 0 unspecified atom stereocenters. The molecule has 1 amide bonds. The Morgan fingerprint density at radius 2 is 1.63 bits per heavy atom. The van der Waals surface area contributed by atoms with E-state index in [2.05, 4.69) is 0 Å². The Balaban J connectivity index is 2.56. The van der Waals surface area contributed by atoms with Crippen molar-refractivity contribution in [3.63, 3.8) is 0 Å². The zero-order valence-electron chi connectivity index (χ0n) is 12.0. The minimum atomic E-state index is -3.05. The Bertz CT molecular complexity index is 318. The van der Waals surface area contributed by atoms with Crippen molar-refractivity contribution in [2.24, 2.45) is 0 Å². The van der Waals surface area contributed by atoms with E-state index in [0.29, 0.717) is 45.8 Å². The molecule has 0 aromatic carbocycles. The van der Waals surface area contributed by atoms with Gasteiger partial charge in [-0.3, -0.25) is 4.57 Å². The van der Waals surface area contributed by atoms with Crippen LogP contribution in [-0.2, 0) is 18.3 Å². The van der Waals surface area contributed by atoms with E-state index in [9.17, 15) is 9.36 Å². The van der Waals surface area contributed by atoms with Crippen LogP contribution in [0.25, 0.3) is 0 Å². The fourth-order valence-corrected chi connectivity index (χ4v) is 4.27. The minimum absolute atomic E-state index is 0.127. The summed E-state index contributed by atoms with van der Waals surface area (Å²) in [5, 5.41) is 0. The molecule has 1 aliphatic rings. The third kappa shape index (κ3) is 4.48. The lowest BCUT2D eigenvalue weighted by molar-refractivity contribution is 0.0974. The fraction of sp³-hybridized carbons (Fsp3) is 0.917. The normalized spacial score (nSPS) is 17.5. The van der Waals surface area contributed by atoms with Crippen LogP contribution in [-0.4, -0.2) is 49.6 Å². The van der Waals surface area contributed by atoms with Crippen LogP contribution in [0.1, 0.15) is 33.6 Å². The Kier molecular flexibility index (Phi) is 6.83. The average Bonchev–Trinajstić information content (AvgIpc) is 2.40. The number of amides is 1. The van der Waals surface area contributed by atoms with Crippen molar-refractivity contribution in [1.82, 2.24) is 4.90 Å². The first-order chi connectivity index (χ1) is 9.07. The van der Waals surface area contributed by atoms with Crippen molar-refractivity contribution < 1.29 is 23.1 Å². The molecule has 1 fully saturated rings. The first-order valence-corrected chi connectivity index (χ1v) is 8.49. The lowest BCUT2D eigenvalue weighted by Crippen LogP contribution is -2.40. The maximum atomic E-state index is 12.6. The minimum Gasteiger partial charge on any atom is -0.450 e. The first-order valence-electron chi connectivity index (χ1n) is 6.87. The third-order valence-electron chi connectivity index (χ3n) is 3.06. The molecule has 19 heavy (non-hydrogen) atoms. The fourth-order valence-electron chi connectivity index (χ4n) is 2.19. The third-order valence-corrected chi connectivity index (χ3v) is 5.70. The number of carbonyl (C=O) groups is 1. The molecule has 7 heteroatoms. The second kappa shape index (κ2) is 7.88. The van der Waals surface area contributed by atoms with Gasteiger partial charge in [0.15, 0.2) is 0 Å². The van der Waals surface area contributed by atoms with Gasteiger partial charge in [-0.15, -0.1) is 0 Å². The van der Waals surface area contributed by atoms with Crippen LogP contribution in [0.5, 0.6) is 0 Å². The van der Waals surface area contributed by atoms with Crippen LogP contribution in [0.15, 0.2) is 0 Å². The number of likely N-dealkylation sites (tertiary alicyclic amines) is 1. The number of ether oxygens (including phenoxy) is 1. The number of rotatable bonds is 6. The molecule has 1 rings (SSSR count). The summed E-state index contributed by atoms with van der Waals surface area (Å²) in [4.78, 5) is 13.2. The number of carbonyl (C=O) groups excluding carboxylic acids is 1. The maximum absolute atomic E-state index is 12.6. The van der Waals surface area contributed by atoms with Gasteiger partial charge in [0.1, 0.15) is 0 Å². The summed E-state index contributed by atoms with van der Waals surface area (Å²) < 4.78 is 28.2. The Morgan fingerprint density at radius 1 is 1.11 bits per heavy atom. The standard InChI is InChI=1S/C12H24NO5P/c1-4-16-12(14)13-9-7-11(8-10-13)19(15,17-5-2)18-6-3/h11H,4-10H2,1-3H3. The second-order valence-electron chi connectivity index (χ2n) is 4.29. The van der Waals surface area contributed by atoms with Crippen molar-refractivity contribution in [3.05, 3.63) is 0 Å². The van der Waals surface area contributed by atoms with E-state index >= 15 is 0 Å². The Labute approximate surface area is 114 Å². The molecule has 0 aromatic heterocycles. The molecule has 0 spiro atoms. The number of hydrogen-bond acceptors (Lipinski definition) is 5. The molecule has 0 aliphatic carbocycles. The Morgan fingerprint density at radius 3 is 2.05 bits per heavy atom. The molecule has 1 heterocycles. The summed E-state index contributed by atoms with van der Waals surface area (Å²) in [7, 11) is -3.05. The molecule has 112 valence electrons. The molecule has 0 atom stereocenters. The summed E-state index contributed by atoms with van der Waals surface area (Å²) in [6.45, 7) is 7.57. The van der Waals surface area contributed by atoms with E-state index in [1.54, 1.807) is 25.7 Å². The monoisotopic (exact) mass is 293 g/mol. The second-order valence-corrected chi connectivity index (χ2v) is 6.62. The van der Waals surface area contributed by atoms with E-state index in [4.69, 9.17) is 13.8 Å². The van der Waals surface area contributed by atoms with E-state index in [1.807, 2.05) is 0 Å². The molecule has 0 saturated carbocycles. The van der Waals surface area contributed by atoms with Gasteiger partial charge in [0, 0.05) is 13.1 Å². The van der Waals surface area contributed by atoms with Gasteiger partial charge in [0.2, 0.25) is 0 Å². The summed E-state index contributed by atoms with van der Waals surface area (Å²) >= 11 is 0. The highest BCUT2D eigenvalue weighted by molar-refractivity contribution is 7.54. The molecule has 1 aliphatic heterocycles. The van der Waals surface area contributed by atoms with E-state index in [0.717, 1.165) is 0 Å². The summed E-state index contributed by atoms with van der Waals surface area (Å²) in [5.41, 5.74) is -0.127. The van der Waals surface area contributed by atoms with Crippen molar-refractivity contribution in [2.75, 3.05) is 32.9 Å². The highest BCUT2D eigenvalue weighted by Gasteiger charge is 2.38. The van der Waals surface area contributed by atoms with Crippen LogP contribution in [0.2, 0.25) is 0 Å². The summed E-state index contributed by atoms with van der Waals surface area (Å²) in [6, 6.07) is 0. The SMILES string of the molecule is CCOC(=O)N1CCC(P(=O)(OCC)OCC)CC1. The maximum Gasteiger partial charge on any atom is 0.409 e. The quantitative estimate of drug-likeness (QED) is 0.704. The van der Waals surface area contributed by atoms with Crippen LogP contribution in [0, 0.1) is 0 Å². The molecule has 0 bridgehead atoms. The van der Waals surface area contributed by atoms with E-state index in [-0.39, 0.29) is 11.8 Å². The zero-order valence-corrected chi connectivity index (χ0v) is 12.9. The molecule has 0 aromatic rings. The van der Waals surface area contributed by atoms with Crippen LogP contribution < -0.4 is 0 Å². The largest absolute Gasteiger partial charge is 0.450 e. The predicted octanol–water partition coefficient (Wildman–Crippen LogP) is 2.87. The van der Waals surface area contributed by atoms with Gasteiger partial charge in [-0.1, -0.05) is 0 Å². The predicted molar refractivity (Wildman–Crippen MR) is 72.5 cm³/mol. The van der Waals surface area contributed by atoms with Crippen molar-refractivity contribution >= 4 is 13.7 Å². The molecule has 0 N–H and O–H groups in total. The molecular formula is C12H24NO5P. The van der Waals surface area contributed by atoms with Gasteiger partial charge in [-0.2, -0.15) is 0 Å². The summed E-state index contributed by atoms with van der Waals surface area (Å²) in [6.07, 6.45) is 0.940.